The second-order valence-corrected chi connectivity index (χ2v) is 5.95. The normalized spacial score (nSPS) is 12.9. The van der Waals surface area contributed by atoms with E-state index in [1.165, 1.54) is 0 Å². The predicted molar refractivity (Wildman–Crippen MR) is 78.0 cm³/mol. The van der Waals surface area contributed by atoms with Gasteiger partial charge in [-0.15, -0.1) is 11.3 Å². The lowest BCUT2D eigenvalue weighted by molar-refractivity contribution is 0.178. The van der Waals surface area contributed by atoms with Crippen molar-refractivity contribution in [3.63, 3.8) is 0 Å². The van der Waals surface area contributed by atoms with Gasteiger partial charge in [0.2, 0.25) is 0 Å². The van der Waals surface area contributed by atoms with Gasteiger partial charge < -0.3 is 5.11 Å². The van der Waals surface area contributed by atoms with E-state index < -0.39 is 6.10 Å². The van der Waals surface area contributed by atoms with Gasteiger partial charge in [0.25, 0.3) is 0 Å². The largest absolute Gasteiger partial charge is 0.387 e. The fourth-order valence-corrected chi connectivity index (χ4v) is 3.58. The predicted octanol–water partition coefficient (Wildman–Crippen LogP) is 3.57. The first-order chi connectivity index (χ1) is 8.65. The first-order valence-corrected chi connectivity index (χ1v) is 7.79. The summed E-state index contributed by atoms with van der Waals surface area (Å²) in [5, 5.41) is 16.8. The van der Waals surface area contributed by atoms with Gasteiger partial charge in [-0.05, 0) is 46.8 Å². The van der Waals surface area contributed by atoms with Gasteiger partial charge in [-0.1, -0.05) is 6.92 Å². The van der Waals surface area contributed by atoms with Crippen molar-refractivity contribution in [3.8, 4) is 0 Å². The summed E-state index contributed by atoms with van der Waals surface area (Å²) in [5.41, 5.74) is 2.19. The fraction of sp³-hybridized carbons (Fsp3) is 0.462. The average Bonchev–Trinajstić information content (AvgIpc) is 2.95. The molecule has 0 aliphatic rings. The minimum Gasteiger partial charge on any atom is -0.387 e. The third-order valence-electron chi connectivity index (χ3n) is 2.93. The summed E-state index contributed by atoms with van der Waals surface area (Å²) in [5.74, 6) is 0. The third-order valence-corrected chi connectivity index (χ3v) is 4.90. The van der Waals surface area contributed by atoms with Gasteiger partial charge >= 0.3 is 0 Å². The molecule has 0 bridgehead atoms. The minimum absolute atomic E-state index is 0.467. The van der Waals surface area contributed by atoms with Crippen LogP contribution in [0.5, 0.6) is 0 Å². The molecule has 0 aliphatic heterocycles. The lowest BCUT2D eigenvalue weighted by Crippen LogP contribution is -2.07. The topological polar surface area (TPSA) is 38.0 Å². The summed E-state index contributed by atoms with van der Waals surface area (Å²) in [6.45, 7) is 5.01. The molecule has 98 valence electrons. The van der Waals surface area contributed by atoms with E-state index in [1.54, 1.807) is 11.3 Å². The van der Waals surface area contributed by atoms with E-state index >= 15 is 0 Å². The zero-order valence-corrected chi connectivity index (χ0v) is 13.0. The van der Waals surface area contributed by atoms with Crippen molar-refractivity contribution in [2.75, 3.05) is 0 Å². The smallest absolute Gasteiger partial charge is 0.0948 e. The molecule has 2 aromatic rings. The van der Waals surface area contributed by atoms with Gasteiger partial charge in [0.1, 0.15) is 0 Å². The highest BCUT2D eigenvalue weighted by atomic mass is 79.9. The Morgan fingerprint density at radius 3 is 2.83 bits per heavy atom. The van der Waals surface area contributed by atoms with Crippen LogP contribution in [0.2, 0.25) is 0 Å². The molecule has 3 nitrogen and oxygen atoms in total. The molecule has 1 N–H and O–H groups in total. The number of nitrogens with zero attached hydrogens (tertiary/aromatic N) is 2. The highest BCUT2D eigenvalue weighted by Gasteiger charge is 2.16. The summed E-state index contributed by atoms with van der Waals surface area (Å²) in [7, 11) is 0. The molecule has 0 saturated heterocycles. The van der Waals surface area contributed by atoms with Gasteiger partial charge in [-0.3, -0.25) is 4.68 Å². The van der Waals surface area contributed by atoms with Crippen LogP contribution < -0.4 is 0 Å². The van der Waals surface area contributed by atoms with E-state index in [2.05, 4.69) is 40.9 Å². The maximum absolute atomic E-state index is 10.3. The second kappa shape index (κ2) is 5.99. The van der Waals surface area contributed by atoms with Crippen LogP contribution in [0.4, 0.5) is 0 Å². The molecule has 18 heavy (non-hydrogen) atoms. The second-order valence-electron chi connectivity index (χ2n) is 4.15. The molecule has 2 aromatic heterocycles. The van der Waals surface area contributed by atoms with E-state index in [1.807, 2.05) is 16.1 Å². The SMILES string of the molecule is CCc1cc(CC(O)c2sccc2Br)n(CC)n1. The van der Waals surface area contributed by atoms with Gasteiger partial charge in [0.05, 0.1) is 11.8 Å². The number of aliphatic hydroxyl groups is 1. The molecular formula is C13H17BrN2OS. The molecule has 0 saturated carbocycles. The molecule has 2 rings (SSSR count). The van der Waals surface area contributed by atoms with Crippen LogP contribution in [0.1, 0.15) is 36.2 Å². The fourth-order valence-electron chi connectivity index (χ4n) is 1.96. The van der Waals surface area contributed by atoms with Crippen molar-refractivity contribution in [1.29, 1.82) is 0 Å². The molecule has 0 fully saturated rings. The third kappa shape index (κ3) is 2.84. The Morgan fingerprint density at radius 1 is 1.50 bits per heavy atom. The van der Waals surface area contributed by atoms with Crippen molar-refractivity contribution in [1.82, 2.24) is 9.78 Å². The molecule has 2 heterocycles. The molecule has 1 atom stereocenters. The molecule has 0 aromatic carbocycles. The van der Waals surface area contributed by atoms with Crippen LogP contribution in [-0.4, -0.2) is 14.9 Å². The number of hydrogen-bond donors (Lipinski definition) is 1. The standard InChI is InChI=1S/C13H17BrN2OS/c1-3-9-7-10(16(4-2)15-9)8-12(17)13-11(14)5-6-18-13/h5-7,12,17H,3-4,8H2,1-2H3. The molecule has 1 unspecified atom stereocenters. The van der Waals surface area contributed by atoms with Crippen LogP contribution in [-0.2, 0) is 19.4 Å². The summed E-state index contributed by atoms with van der Waals surface area (Å²) < 4.78 is 2.96. The minimum atomic E-state index is -0.467. The van der Waals surface area contributed by atoms with Gasteiger partial charge in [0.15, 0.2) is 0 Å². The van der Waals surface area contributed by atoms with E-state index in [0.29, 0.717) is 6.42 Å². The van der Waals surface area contributed by atoms with Crippen LogP contribution >= 0.6 is 27.3 Å². The first-order valence-electron chi connectivity index (χ1n) is 6.12. The van der Waals surface area contributed by atoms with E-state index in [0.717, 1.165) is 33.7 Å². The lowest BCUT2D eigenvalue weighted by Gasteiger charge is -2.10. The first kappa shape index (κ1) is 13.8. The maximum atomic E-state index is 10.3. The van der Waals surface area contributed by atoms with E-state index in [9.17, 15) is 5.11 Å². The zero-order chi connectivity index (χ0) is 13.1. The average molecular weight is 329 g/mol. The highest BCUT2D eigenvalue weighted by molar-refractivity contribution is 9.10. The molecule has 0 spiro atoms. The van der Waals surface area contributed by atoms with Crippen molar-refractivity contribution < 1.29 is 5.11 Å². The Hall–Kier alpha value is -0.650. The number of thiophene rings is 1. The zero-order valence-electron chi connectivity index (χ0n) is 10.6. The van der Waals surface area contributed by atoms with Crippen molar-refractivity contribution >= 4 is 27.3 Å². The van der Waals surface area contributed by atoms with E-state index in [-0.39, 0.29) is 0 Å². The van der Waals surface area contributed by atoms with Crippen LogP contribution in [0.25, 0.3) is 0 Å². The quantitative estimate of drug-likeness (QED) is 0.911. The Kier molecular flexibility index (Phi) is 4.59. The Morgan fingerprint density at radius 2 is 2.28 bits per heavy atom. The van der Waals surface area contributed by atoms with Crippen LogP contribution in [0.15, 0.2) is 22.0 Å². The Balaban J connectivity index is 2.18. The van der Waals surface area contributed by atoms with Crippen LogP contribution in [0.3, 0.4) is 0 Å². The highest BCUT2D eigenvalue weighted by Crippen LogP contribution is 2.31. The lowest BCUT2D eigenvalue weighted by atomic mass is 10.1. The van der Waals surface area contributed by atoms with Gasteiger partial charge in [-0.2, -0.15) is 5.10 Å². The number of aliphatic hydroxyl groups excluding tert-OH is 1. The summed E-state index contributed by atoms with van der Waals surface area (Å²) in [6, 6.07) is 4.06. The van der Waals surface area contributed by atoms with Gasteiger partial charge in [-0.25, -0.2) is 0 Å². The number of aryl methyl sites for hydroxylation is 2. The molecule has 0 amide bonds. The number of hydrogen-bond acceptors (Lipinski definition) is 3. The molecular weight excluding hydrogens is 312 g/mol. The molecule has 5 heteroatoms. The Bertz CT molecular complexity index is 521. The number of rotatable bonds is 5. The van der Waals surface area contributed by atoms with E-state index in [4.69, 9.17) is 0 Å². The Labute approximate surface area is 120 Å². The van der Waals surface area contributed by atoms with Crippen molar-refractivity contribution in [3.05, 3.63) is 38.3 Å². The summed E-state index contributed by atoms with van der Waals surface area (Å²) in [4.78, 5) is 0.983. The molecule has 0 radical (unpaired) electrons. The number of halogens is 1. The monoisotopic (exact) mass is 328 g/mol. The molecule has 0 aliphatic carbocycles. The summed E-state index contributed by atoms with van der Waals surface area (Å²) >= 11 is 5.04. The van der Waals surface area contributed by atoms with Crippen molar-refractivity contribution in [2.24, 2.45) is 0 Å². The van der Waals surface area contributed by atoms with Gasteiger partial charge in [0, 0.05) is 28.0 Å². The number of aromatic nitrogens is 2. The maximum Gasteiger partial charge on any atom is 0.0948 e. The van der Waals surface area contributed by atoms with Crippen LogP contribution in [0, 0.1) is 0 Å². The van der Waals surface area contributed by atoms with Crippen molar-refractivity contribution in [2.45, 2.75) is 39.3 Å². The summed E-state index contributed by atoms with van der Waals surface area (Å²) in [6.07, 6.45) is 1.07.